The minimum Gasteiger partial charge on any atom is -0.497 e. The number of carbonyl (C=O) groups is 1. The molecule has 3 rings (SSSR count). The van der Waals surface area contributed by atoms with Crippen molar-refractivity contribution in [3.63, 3.8) is 0 Å². The molecule has 0 saturated heterocycles. The summed E-state index contributed by atoms with van der Waals surface area (Å²) in [6.07, 6.45) is 0.699. The Balaban J connectivity index is 1.99. The highest BCUT2D eigenvalue weighted by Gasteiger charge is 2.27. The average Bonchev–Trinajstić information content (AvgIpc) is 3.01. The Hall–Kier alpha value is -1.97. The van der Waals surface area contributed by atoms with E-state index >= 15 is 0 Å². The number of rotatable bonds is 6. The topological polar surface area (TPSA) is 90.3 Å². The van der Waals surface area contributed by atoms with Crippen molar-refractivity contribution >= 4 is 62.3 Å². The van der Waals surface area contributed by atoms with Gasteiger partial charge < -0.3 is 4.74 Å². The van der Waals surface area contributed by atoms with Gasteiger partial charge in [0.25, 0.3) is 15.9 Å². The summed E-state index contributed by atoms with van der Waals surface area (Å²) < 4.78 is 33.6. The smallest absolute Gasteiger partial charge is 0.286 e. The highest BCUT2D eigenvalue weighted by atomic mass is 35.5. The second-order valence-electron chi connectivity index (χ2n) is 6.26. The van der Waals surface area contributed by atoms with Gasteiger partial charge in [-0.1, -0.05) is 41.7 Å². The van der Waals surface area contributed by atoms with Crippen LogP contribution in [0, 0.1) is 0 Å². The Kier molecular flexibility index (Phi) is 7.08. The number of amides is 1. The molecule has 1 amide bonds. The maximum atomic E-state index is 12.7. The first-order chi connectivity index (χ1) is 14.6. The van der Waals surface area contributed by atoms with E-state index in [4.69, 9.17) is 51.1 Å². The number of carbonyl (C=O) groups excluding carboxylic acids is 1. The van der Waals surface area contributed by atoms with Crippen LogP contribution >= 0.6 is 46.4 Å². The second-order valence-corrected chi connectivity index (χ2v) is 9.45. The maximum Gasteiger partial charge on any atom is 0.286 e. The quantitative estimate of drug-likeness (QED) is 0.482. The number of ether oxygens (including phenoxy) is 1. The number of imidazole rings is 1. The SMILES string of the molecule is CCc1cc(Cl)cc(-n2c(Cl)nc(C(=O)NS(=O)(=O)c3cc(OC)ccc3Cl)c2Cl)c1. The molecule has 0 unspecified atom stereocenters. The van der Waals surface area contributed by atoms with Crippen LogP contribution in [0.25, 0.3) is 5.69 Å². The number of hydrogen-bond acceptors (Lipinski definition) is 5. The fourth-order valence-electron chi connectivity index (χ4n) is 2.75. The van der Waals surface area contributed by atoms with Gasteiger partial charge in [0.05, 0.1) is 17.8 Å². The summed E-state index contributed by atoms with van der Waals surface area (Å²) in [5.74, 6) is -0.836. The van der Waals surface area contributed by atoms with Crippen LogP contribution in [0.3, 0.4) is 0 Å². The molecule has 1 heterocycles. The molecule has 0 atom stereocenters. The molecular formula is C19H15Cl4N3O4S. The van der Waals surface area contributed by atoms with Gasteiger partial charge in [0, 0.05) is 11.1 Å². The summed E-state index contributed by atoms with van der Waals surface area (Å²) in [6.45, 7) is 1.94. The van der Waals surface area contributed by atoms with Crippen molar-refractivity contribution in [2.75, 3.05) is 7.11 Å². The summed E-state index contributed by atoms with van der Waals surface area (Å²) in [4.78, 5) is 16.3. The Morgan fingerprint density at radius 2 is 1.84 bits per heavy atom. The highest BCUT2D eigenvalue weighted by molar-refractivity contribution is 7.90. The predicted octanol–water partition coefficient (Wildman–Crippen LogP) is 5.18. The number of sulfonamides is 1. The van der Waals surface area contributed by atoms with Gasteiger partial charge in [0.15, 0.2) is 5.69 Å². The number of nitrogens with one attached hydrogen (secondary N) is 1. The number of nitrogens with zero attached hydrogens (tertiary/aromatic N) is 2. The molecule has 0 aliphatic carbocycles. The molecule has 0 bridgehead atoms. The van der Waals surface area contributed by atoms with Crippen LogP contribution in [0.4, 0.5) is 0 Å². The minimum atomic E-state index is -4.36. The van der Waals surface area contributed by atoms with E-state index in [2.05, 4.69) is 4.98 Å². The van der Waals surface area contributed by atoms with Gasteiger partial charge in [-0.05, 0) is 53.9 Å². The molecule has 7 nitrogen and oxygen atoms in total. The monoisotopic (exact) mass is 521 g/mol. The van der Waals surface area contributed by atoms with Crippen LogP contribution in [0.15, 0.2) is 41.3 Å². The standard InChI is InChI=1S/C19H15Cl4N3O4S/c1-3-10-6-11(20)8-12(7-10)26-17(22)16(24-19(26)23)18(27)25-31(28,29)15-9-13(30-2)4-5-14(15)21/h4-9H,3H2,1-2H3,(H,25,27). The lowest BCUT2D eigenvalue weighted by molar-refractivity contribution is 0.0977. The second kappa shape index (κ2) is 9.26. The number of benzene rings is 2. The number of aromatic nitrogens is 2. The molecule has 1 aromatic heterocycles. The van der Waals surface area contributed by atoms with E-state index in [9.17, 15) is 13.2 Å². The van der Waals surface area contributed by atoms with Crippen LogP contribution in [0.1, 0.15) is 23.0 Å². The molecule has 12 heteroatoms. The first kappa shape index (κ1) is 23.7. The lowest BCUT2D eigenvalue weighted by Crippen LogP contribution is -2.31. The highest BCUT2D eigenvalue weighted by Crippen LogP contribution is 2.30. The molecule has 0 radical (unpaired) electrons. The molecule has 1 N–H and O–H groups in total. The number of hydrogen-bond donors (Lipinski definition) is 1. The molecule has 0 aliphatic rings. The summed E-state index contributed by atoms with van der Waals surface area (Å²) in [7, 11) is -2.99. The van der Waals surface area contributed by atoms with E-state index in [0.717, 1.165) is 5.56 Å². The van der Waals surface area contributed by atoms with Gasteiger partial charge in [-0.15, -0.1) is 0 Å². The van der Waals surface area contributed by atoms with E-state index in [1.165, 1.54) is 29.9 Å². The van der Waals surface area contributed by atoms with Crippen LogP contribution in [0.2, 0.25) is 20.5 Å². The van der Waals surface area contributed by atoms with Gasteiger partial charge in [0.1, 0.15) is 15.8 Å². The van der Waals surface area contributed by atoms with E-state index in [1.54, 1.807) is 18.2 Å². The molecule has 3 aromatic rings. The predicted molar refractivity (Wildman–Crippen MR) is 121 cm³/mol. The Morgan fingerprint density at radius 3 is 2.48 bits per heavy atom. The van der Waals surface area contributed by atoms with E-state index in [0.29, 0.717) is 17.1 Å². The zero-order valence-electron chi connectivity index (χ0n) is 16.1. The largest absolute Gasteiger partial charge is 0.497 e. The van der Waals surface area contributed by atoms with Gasteiger partial charge >= 0.3 is 0 Å². The first-order valence-corrected chi connectivity index (χ1v) is 11.7. The van der Waals surface area contributed by atoms with Crippen molar-refractivity contribution in [1.29, 1.82) is 0 Å². The maximum absolute atomic E-state index is 12.7. The van der Waals surface area contributed by atoms with Gasteiger partial charge in [-0.25, -0.2) is 18.1 Å². The Bertz CT molecular complexity index is 1280. The third kappa shape index (κ3) is 4.94. The summed E-state index contributed by atoms with van der Waals surface area (Å²) in [5, 5.41) is 0.0215. The van der Waals surface area contributed by atoms with Crippen LogP contribution in [-0.2, 0) is 16.4 Å². The van der Waals surface area contributed by atoms with Gasteiger partial charge in [-0.3, -0.25) is 9.36 Å². The lowest BCUT2D eigenvalue weighted by Gasteiger charge is -2.10. The molecule has 0 spiro atoms. The van der Waals surface area contributed by atoms with E-state index in [1.807, 2.05) is 11.6 Å². The molecule has 2 aromatic carbocycles. The number of methoxy groups -OCH3 is 1. The molecule has 0 aliphatic heterocycles. The minimum absolute atomic E-state index is 0.0956. The van der Waals surface area contributed by atoms with E-state index in [-0.39, 0.29) is 31.8 Å². The molecule has 0 saturated carbocycles. The van der Waals surface area contributed by atoms with Crippen LogP contribution < -0.4 is 9.46 Å². The van der Waals surface area contributed by atoms with Gasteiger partial charge in [0.2, 0.25) is 5.28 Å². The number of halogens is 4. The fraction of sp³-hybridized carbons (Fsp3) is 0.158. The number of aryl methyl sites for hydroxylation is 1. The molecular weight excluding hydrogens is 508 g/mol. The lowest BCUT2D eigenvalue weighted by atomic mass is 10.1. The average molecular weight is 523 g/mol. The van der Waals surface area contributed by atoms with Crippen molar-refractivity contribution in [1.82, 2.24) is 14.3 Å². The van der Waals surface area contributed by atoms with Crippen molar-refractivity contribution in [2.45, 2.75) is 18.2 Å². The Morgan fingerprint density at radius 1 is 1.13 bits per heavy atom. The summed E-state index contributed by atoms with van der Waals surface area (Å²) in [5.41, 5.74) is 1.00. The van der Waals surface area contributed by atoms with Crippen molar-refractivity contribution in [3.8, 4) is 11.4 Å². The van der Waals surface area contributed by atoms with Gasteiger partial charge in [-0.2, -0.15) is 0 Å². The molecule has 31 heavy (non-hydrogen) atoms. The van der Waals surface area contributed by atoms with Crippen LogP contribution in [-0.4, -0.2) is 31.0 Å². The van der Waals surface area contributed by atoms with E-state index < -0.39 is 15.9 Å². The third-order valence-corrected chi connectivity index (χ3v) is 6.89. The third-order valence-electron chi connectivity index (χ3n) is 4.26. The Labute approximate surface area is 198 Å². The summed E-state index contributed by atoms with van der Waals surface area (Å²) in [6, 6.07) is 9.15. The molecule has 164 valence electrons. The normalized spacial score (nSPS) is 11.4. The zero-order chi connectivity index (χ0) is 22.9. The zero-order valence-corrected chi connectivity index (χ0v) is 20.0. The first-order valence-electron chi connectivity index (χ1n) is 8.71. The van der Waals surface area contributed by atoms with Crippen molar-refractivity contribution in [2.24, 2.45) is 0 Å². The van der Waals surface area contributed by atoms with Crippen LogP contribution in [0.5, 0.6) is 5.75 Å². The fourth-order valence-corrected chi connectivity index (χ4v) is 5.08. The van der Waals surface area contributed by atoms with Crippen molar-refractivity contribution in [3.05, 3.63) is 68.1 Å². The molecule has 0 fully saturated rings. The van der Waals surface area contributed by atoms with Crippen molar-refractivity contribution < 1.29 is 17.9 Å². The summed E-state index contributed by atoms with van der Waals surface area (Å²) >= 11 is 24.7.